The Labute approximate surface area is 195 Å². The highest BCUT2D eigenvalue weighted by molar-refractivity contribution is 6.84. The zero-order chi connectivity index (χ0) is 24.9. The number of aliphatic hydroxyl groups excluding tert-OH is 1. The lowest BCUT2D eigenvalue weighted by molar-refractivity contribution is -0.210. The molecule has 2 aliphatic rings. The van der Waals surface area contributed by atoms with Gasteiger partial charge in [-0.15, -0.1) is 0 Å². The quantitative estimate of drug-likeness (QED) is 0.593. The predicted molar refractivity (Wildman–Crippen MR) is 125 cm³/mol. The van der Waals surface area contributed by atoms with E-state index in [0.29, 0.717) is 0 Å². The normalized spacial score (nSPS) is 31.8. The van der Waals surface area contributed by atoms with Crippen molar-refractivity contribution < 1.29 is 27.2 Å². The molecule has 2 aliphatic heterocycles. The van der Waals surface area contributed by atoms with Gasteiger partial charge in [-0.05, 0) is 22.2 Å². The summed E-state index contributed by atoms with van der Waals surface area (Å²) in [6.07, 6.45) is -3.18. The Morgan fingerprint density at radius 1 is 1.06 bits per heavy atom. The van der Waals surface area contributed by atoms with Crippen LogP contribution in [-0.4, -0.2) is 56.4 Å². The molecular weight excluding hydrogens is 467 g/mol. The molecule has 1 aromatic rings. The maximum absolute atomic E-state index is 16.5. The van der Waals surface area contributed by atoms with Crippen LogP contribution in [-0.2, 0) is 17.7 Å². The van der Waals surface area contributed by atoms with Crippen LogP contribution in [0.25, 0.3) is 0 Å². The monoisotopic (exact) mass is 504 g/mol. The van der Waals surface area contributed by atoms with Gasteiger partial charge in [-0.2, -0.15) is 0 Å². The van der Waals surface area contributed by atoms with Gasteiger partial charge in [0.25, 0.3) is 11.4 Å². The molecule has 1 aromatic heterocycles. The van der Waals surface area contributed by atoms with E-state index in [0.717, 1.165) is 10.6 Å². The van der Waals surface area contributed by atoms with Crippen molar-refractivity contribution in [2.75, 3.05) is 6.61 Å². The number of nitrogens with zero attached hydrogens (tertiary/aromatic N) is 1. The Hall–Kier alpha value is -1.16. The van der Waals surface area contributed by atoms with Gasteiger partial charge < -0.3 is 22.8 Å². The second-order valence-corrected chi connectivity index (χ2v) is 19.1. The second-order valence-electron chi connectivity index (χ2n) is 10.3. The highest BCUT2D eigenvalue weighted by Crippen LogP contribution is 2.51. The SMILES string of the molecule is CC(C)[Si]1(C(C)C)OC[C@@]2(F)O[C@@H](n3ccc(=O)[nH]c3=O)[C@H](O)[C@@H]2O[Si](C(C)C)(C(C)C)O1. The van der Waals surface area contributed by atoms with Crippen molar-refractivity contribution in [1.29, 1.82) is 0 Å². The van der Waals surface area contributed by atoms with E-state index < -0.39 is 59.3 Å². The summed E-state index contributed by atoms with van der Waals surface area (Å²) in [5.74, 6) is -2.51. The minimum absolute atomic E-state index is 0.00886. The number of nitrogens with one attached hydrogen (secondary N) is 1. The zero-order valence-corrected chi connectivity index (χ0v) is 22.6. The maximum atomic E-state index is 16.5. The van der Waals surface area contributed by atoms with Crippen molar-refractivity contribution in [1.82, 2.24) is 9.55 Å². The molecule has 2 fully saturated rings. The molecule has 2 N–H and O–H groups in total. The van der Waals surface area contributed by atoms with Gasteiger partial charge in [0.15, 0.2) is 6.23 Å². The molecule has 3 heterocycles. The fourth-order valence-corrected chi connectivity index (χ4v) is 16.2. The molecule has 0 saturated carbocycles. The number of ether oxygens (including phenoxy) is 1. The van der Waals surface area contributed by atoms with E-state index in [1.165, 1.54) is 6.20 Å². The number of hydrogen-bond donors (Lipinski definition) is 2. The molecule has 0 aromatic carbocycles. The molecule has 0 aliphatic carbocycles. The number of aromatic nitrogens is 2. The topological polar surface area (TPSA) is 112 Å². The Morgan fingerprint density at radius 2 is 1.61 bits per heavy atom. The Morgan fingerprint density at radius 3 is 2.09 bits per heavy atom. The number of alkyl halides is 1. The van der Waals surface area contributed by atoms with Crippen molar-refractivity contribution in [3.8, 4) is 0 Å². The van der Waals surface area contributed by atoms with Gasteiger partial charge in [0, 0.05) is 12.3 Å². The molecular formula is C21H37FN2O7Si2. The number of aromatic amines is 1. The van der Waals surface area contributed by atoms with Gasteiger partial charge in [-0.1, -0.05) is 55.4 Å². The molecule has 9 nitrogen and oxygen atoms in total. The standard InChI is InChI=1S/C21H37FN2O7Si2/c1-12(2)32(13(3)4)28-11-21(22)18(30-33(31-32,14(5)6)15(7)8)17(26)19(29-21)24-10-9-16(25)23-20(24)27/h9-10,12-15,17-19,26H,11H2,1-8H3,(H,23,25,27)/t17-,18+,19-,21-/m1/s1. The molecule has 0 spiro atoms. The van der Waals surface area contributed by atoms with Crippen LogP contribution >= 0.6 is 0 Å². The first kappa shape index (κ1) is 26.4. The number of hydrogen-bond acceptors (Lipinski definition) is 7. The average Bonchev–Trinajstić information content (AvgIpc) is 2.92. The summed E-state index contributed by atoms with van der Waals surface area (Å²) < 4.78 is 43.0. The van der Waals surface area contributed by atoms with Crippen LogP contribution in [0.5, 0.6) is 0 Å². The first-order valence-corrected chi connectivity index (χ1v) is 15.5. The highest BCUT2D eigenvalue weighted by Gasteiger charge is 2.66. The third-order valence-electron chi connectivity index (χ3n) is 6.81. The first-order chi connectivity index (χ1) is 15.2. The summed E-state index contributed by atoms with van der Waals surface area (Å²) in [6, 6.07) is 1.11. The highest BCUT2D eigenvalue weighted by atomic mass is 28.5. The van der Waals surface area contributed by atoms with Crippen molar-refractivity contribution in [2.45, 2.75) is 102 Å². The smallest absolute Gasteiger partial charge is 0.335 e. The molecule has 2 saturated heterocycles. The first-order valence-electron chi connectivity index (χ1n) is 11.6. The number of H-pyrrole nitrogens is 1. The van der Waals surface area contributed by atoms with Crippen molar-refractivity contribution in [3.05, 3.63) is 33.1 Å². The summed E-state index contributed by atoms with van der Waals surface area (Å²) >= 11 is 0. The molecule has 188 valence electrons. The lowest BCUT2D eigenvalue weighted by Gasteiger charge is -2.52. The third-order valence-corrected chi connectivity index (χ3v) is 17.0. The molecule has 3 rings (SSSR count). The molecule has 33 heavy (non-hydrogen) atoms. The van der Waals surface area contributed by atoms with Gasteiger partial charge in [0.1, 0.15) is 12.2 Å². The van der Waals surface area contributed by atoms with Crippen molar-refractivity contribution >= 4 is 17.1 Å². The molecule has 0 amide bonds. The van der Waals surface area contributed by atoms with Crippen LogP contribution in [0.1, 0.15) is 61.6 Å². The van der Waals surface area contributed by atoms with E-state index in [1.54, 1.807) is 0 Å². The second kappa shape index (κ2) is 9.13. The van der Waals surface area contributed by atoms with E-state index >= 15 is 4.39 Å². The molecule has 12 heteroatoms. The Bertz CT molecular complexity index is 950. The maximum Gasteiger partial charge on any atom is 0.335 e. The fraction of sp³-hybridized carbons (Fsp3) is 0.810. The Balaban J connectivity index is 2.15. The largest absolute Gasteiger partial charge is 0.414 e. The van der Waals surface area contributed by atoms with Crippen LogP contribution in [0.2, 0.25) is 22.2 Å². The average molecular weight is 505 g/mol. The van der Waals surface area contributed by atoms with Crippen molar-refractivity contribution in [3.63, 3.8) is 0 Å². The van der Waals surface area contributed by atoms with Gasteiger partial charge >= 0.3 is 22.8 Å². The molecule has 0 bridgehead atoms. The van der Waals surface area contributed by atoms with E-state index in [1.807, 2.05) is 55.4 Å². The Kier molecular flexibility index (Phi) is 7.32. The van der Waals surface area contributed by atoms with E-state index in [4.69, 9.17) is 17.7 Å². The number of aliphatic hydroxyl groups is 1. The molecule has 0 radical (unpaired) electrons. The fourth-order valence-electron chi connectivity index (χ4n) is 4.99. The lowest BCUT2D eigenvalue weighted by atomic mass is 10.1. The van der Waals surface area contributed by atoms with E-state index in [9.17, 15) is 14.7 Å². The number of halogens is 1. The van der Waals surface area contributed by atoms with Crippen molar-refractivity contribution in [2.24, 2.45) is 0 Å². The lowest BCUT2D eigenvalue weighted by Crippen LogP contribution is -2.67. The minimum Gasteiger partial charge on any atom is -0.414 e. The minimum atomic E-state index is -3.20. The van der Waals surface area contributed by atoms with Gasteiger partial charge in [-0.25, -0.2) is 9.18 Å². The van der Waals surface area contributed by atoms with Crippen LogP contribution < -0.4 is 11.2 Å². The summed E-state index contributed by atoms with van der Waals surface area (Å²) in [4.78, 5) is 25.9. The third kappa shape index (κ3) is 4.35. The van der Waals surface area contributed by atoms with E-state index in [-0.39, 0.29) is 22.2 Å². The van der Waals surface area contributed by atoms with Crippen LogP contribution in [0.15, 0.2) is 21.9 Å². The van der Waals surface area contributed by atoms with Gasteiger partial charge in [0.2, 0.25) is 0 Å². The van der Waals surface area contributed by atoms with E-state index in [2.05, 4.69) is 4.98 Å². The molecule has 0 unspecified atom stereocenters. The molecule has 4 atom stereocenters. The van der Waals surface area contributed by atoms with Crippen LogP contribution in [0.3, 0.4) is 0 Å². The summed E-state index contributed by atoms with van der Waals surface area (Å²) in [6.45, 7) is 15.5. The summed E-state index contributed by atoms with van der Waals surface area (Å²) in [5, 5.41) is 11.1. The van der Waals surface area contributed by atoms with Gasteiger partial charge in [0.05, 0.1) is 6.61 Å². The van der Waals surface area contributed by atoms with Crippen LogP contribution in [0.4, 0.5) is 4.39 Å². The number of rotatable bonds is 5. The zero-order valence-electron chi connectivity index (χ0n) is 20.6. The predicted octanol–water partition coefficient (Wildman–Crippen LogP) is 3.05. The number of fused-ring (bicyclic) bond motifs is 1. The summed E-state index contributed by atoms with van der Waals surface area (Å²) in [5.41, 5.74) is -1.55. The van der Waals surface area contributed by atoms with Crippen LogP contribution in [0, 0.1) is 0 Å². The van der Waals surface area contributed by atoms with Gasteiger partial charge in [-0.3, -0.25) is 14.3 Å². The summed E-state index contributed by atoms with van der Waals surface area (Å²) in [7, 11) is -6.21.